The van der Waals surface area contributed by atoms with E-state index in [4.69, 9.17) is 0 Å². The van der Waals surface area contributed by atoms with E-state index in [0.717, 1.165) is 16.6 Å². The van der Waals surface area contributed by atoms with Crippen LogP contribution in [0, 0.1) is 6.92 Å². The molecule has 1 aromatic carbocycles. The number of fused-ring (bicyclic) bond motifs is 3. The molecule has 3 heterocycles. The predicted molar refractivity (Wildman–Crippen MR) is 105 cm³/mol. The van der Waals surface area contributed by atoms with E-state index in [-0.39, 0.29) is 24.1 Å². The zero-order chi connectivity index (χ0) is 18.5. The highest BCUT2D eigenvalue weighted by Crippen LogP contribution is 2.40. The summed E-state index contributed by atoms with van der Waals surface area (Å²) < 4.78 is 4.17. The second kappa shape index (κ2) is 6.06. The molecule has 1 amide bonds. The van der Waals surface area contributed by atoms with Crippen LogP contribution in [0.3, 0.4) is 0 Å². The van der Waals surface area contributed by atoms with Gasteiger partial charge in [0, 0.05) is 12.0 Å². The van der Waals surface area contributed by atoms with Crippen LogP contribution in [-0.4, -0.2) is 26.1 Å². The molecule has 3 aromatic heterocycles. The van der Waals surface area contributed by atoms with Crippen molar-refractivity contribution in [1.82, 2.24) is 19.5 Å². The molecule has 4 aromatic rings. The number of nitrogens with zero attached hydrogens (tertiary/aromatic N) is 3. The second-order valence-corrected chi connectivity index (χ2v) is 7.92. The van der Waals surface area contributed by atoms with Gasteiger partial charge in [-0.05, 0) is 36.4 Å². The minimum absolute atomic E-state index is 0.0625. The lowest BCUT2D eigenvalue weighted by molar-refractivity contribution is -0.122. The average Bonchev–Trinajstić information content (AvgIpc) is 3.09. The Labute approximate surface area is 159 Å². The summed E-state index contributed by atoms with van der Waals surface area (Å²) >= 11 is 1.59. The first-order valence-electron chi connectivity index (χ1n) is 8.92. The van der Waals surface area contributed by atoms with Gasteiger partial charge in [-0.3, -0.25) is 14.0 Å². The molecule has 0 bridgehead atoms. The lowest BCUT2D eigenvalue weighted by atomic mass is 10.1. The van der Waals surface area contributed by atoms with Gasteiger partial charge in [-0.2, -0.15) is 5.10 Å². The molecule has 1 aliphatic carbocycles. The van der Waals surface area contributed by atoms with E-state index < -0.39 is 0 Å². The number of carbonyl (C=O) groups is 1. The second-order valence-electron chi connectivity index (χ2n) is 6.97. The van der Waals surface area contributed by atoms with E-state index in [2.05, 4.69) is 22.5 Å². The minimum atomic E-state index is -0.241. The number of hydrogen-bond acceptors (Lipinski definition) is 4. The number of rotatable bonds is 4. The van der Waals surface area contributed by atoms with Crippen LogP contribution >= 0.6 is 11.3 Å². The molecular weight excluding hydrogens is 360 g/mol. The normalized spacial score (nSPS) is 18.9. The monoisotopic (exact) mass is 378 g/mol. The van der Waals surface area contributed by atoms with Crippen LogP contribution in [-0.2, 0) is 11.3 Å². The molecule has 0 aliphatic heterocycles. The van der Waals surface area contributed by atoms with Crippen LogP contribution in [0.4, 0.5) is 0 Å². The molecule has 1 aliphatic rings. The number of thiophene rings is 1. The number of nitrogens with one attached hydrogen (secondary N) is 1. The predicted octanol–water partition coefficient (Wildman–Crippen LogP) is 2.69. The van der Waals surface area contributed by atoms with E-state index in [1.807, 2.05) is 47.0 Å². The van der Waals surface area contributed by atoms with Crippen molar-refractivity contribution in [1.29, 1.82) is 0 Å². The van der Waals surface area contributed by atoms with Gasteiger partial charge in [0.25, 0.3) is 5.56 Å². The van der Waals surface area contributed by atoms with Crippen molar-refractivity contribution in [2.45, 2.75) is 31.8 Å². The Hall–Kier alpha value is -2.93. The molecule has 5 rings (SSSR count). The molecule has 0 radical (unpaired) electrons. The zero-order valence-electron chi connectivity index (χ0n) is 14.8. The number of aryl methyl sites for hydroxylation is 1. The Morgan fingerprint density at radius 3 is 2.89 bits per heavy atom. The van der Waals surface area contributed by atoms with Crippen LogP contribution < -0.4 is 10.9 Å². The summed E-state index contributed by atoms with van der Waals surface area (Å²) in [7, 11) is 0. The number of hydrogen-bond donors (Lipinski definition) is 1. The molecular formula is C20H18N4O2S. The van der Waals surface area contributed by atoms with Crippen molar-refractivity contribution in [3.63, 3.8) is 0 Å². The number of carbonyl (C=O) groups excluding carboxylic acids is 1. The first kappa shape index (κ1) is 16.3. The lowest BCUT2D eigenvalue weighted by Crippen LogP contribution is -2.36. The van der Waals surface area contributed by atoms with Crippen molar-refractivity contribution in [3.05, 3.63) is 69.6 Å². The first-order valence-corrected chi connectivity index (χ1v) is 9.80. The number of benzene rings is 1. The third-order valence-electron chi connectivity index (χ3n) is 5.12. The van der Waals surface area contributed by atoms with Crippen molar-refractivity contribution >= 4 is 33.0 Å². The van der Waals surface area contributed by atoms with E-state index >= 15 is 0 Å². The van der Waals surface area contributed by atoms with E-state index in [0.29, 0.717) is 17.3 Å². The molecule has 0 unspecified atom stereocenters. The Morgan fingerprint density at radius 1 is 1.26 bits per heavy atom. The van der Waals surface area contributed by atoms with Gasteiger partial charge in [0.15, 0.2) is 0 Å². The smallest absolute Gasteiger partial charge is 0.291 e. The highest BCUT2D eigenvalue weighted by Gasteiger charge is 2.39. The maximum absolute atomic E-state index is 12.8. The molecule has 1 fully saturated rings. The molecule has 1 saturated carbocycles. The summed E-state index contributed by atoms with van der Waals surface area (Å²) in [5.41, 5.74) is 2.54. The van der Waals surface area contributed by atoms with Crippen molar-refractivity contribution in [2.24, 2.45) is 0 Å². The van der Waals surface area contributed by atoms with Gasteiger partial charge in [0.2, 0.25) is 5.91 Å². The van der Waals surface area contributed by atoms with E-state index in [1.54, 1.807) is 11.3 Å². The standard InChI is InChI=1S/C20H18N4O2S/c1-12-22-23(20(26)17-10-18-16(24(12)17)7-8-27-18)11-19(25)21-15-9-14(15)13-5-3-2-4-6-13/h2-8,10,14-15H,9,11H2,1H3,(H,21,25)/t14-,15+/m0/s1. The van der Waals surface area contributed by atoms with Crippen LogP contribution in [0.25, 0.3) is 15.7 Å². The van der Waals surface area contributed by atoms with Gasteiger partial charge in [-0.1, -0.05) is 30.3 Å². The number of aromatic nitrogens is 3. The summed E-state index contributed by atoms with van der Waals surface area (Å²) in [5, 5.41) is 9.38. The van der Waals surface area contributed by atoms with Gasteiger partial charge in [-0.15, -0.1) is 11.3 Å². The summed E-state index contributed by atoms with van der Waals surface area (Å²) in [6.07, 6.45) is 0.936. The number of amides is 1. The topological polar surface area (TPSA) is 68.4 Å². The summed E-state index contributed by atoms with van der Waals surface area (Å²) in [6.45, 7) is 1.79. The van der Waals surface area contributed by atoms with Gasteiger partial charge in [0.1, 0.15) is 17.9 Å². The SMILES string of the molecule is Cc1nn(CC(=O)N[C@@H]2C[C@H]2c2ccccc2)c(=O)c2cc3sccc3n12. The molecule has 7 heteroatoms. The fourth-order valence-corrected chi connectivity index (χ4v) is 4.55. The third kappa shape index (κ3) is 2.75. The molecule has 0 saturated heterocycles. The van der Waals surface area contributed by atoms with E-state index in [9.17, 15) is 9.59 Å². The van der Waals surface area contributed by atoms with Crippen LogP contribution in [0.5, 0.6) is 0 Å². The lowest BCUT2D eigenvalue weighted by Gasteiger charge is -2.09. The van der Waals surface area contributed by atoms with Crippen molar-refractivity contribution in [2.75, 3.05) is 0 Å². The van der Waals surface area contributed by atoms with Gasteiger partial charge in [0.05, 0.1) is 10.2 Å². The molecule has 0 spiro atoms. The largest absolute Gasteiger partial charge is 0.351 e. The summed E-state index contributed by atoms with van der Waals surface area (Å²) in [4.78, 5) is 25.2. The molecule has 1 N–H and O–H groups in total. The molecule has 27 heavy (non-hydrogen) atoms. The van der Waals surface area contributed by atoms with Gasteiger partial charge >= 0.3 is 0 Å². The van der Waals surface area contributed by atoms with Gasteiger partial charge in [-0.25, -0.2) is 4.68 Å². The molecule has 2 atom stereocenters. The van der Waals surface area contributed by atoms with Crippen molar-refractivity contribution < 1.29 is 4.79 Å². The summed E-state index contributed by atoms with van der Waals surface area (Å²) in [5.74, 6) is 0.881. The van der Waals surface area contributed by atoms with Crippen molar-refractivity contribution in [3.8, 4) is 0 Å². The highest BCUT2D eigenvalue weighted by atomic mass is 32.1. The molecule has 6 nitrogen and oxygen atoms in total. The molecule has 136 valence electrons. The quantitative estimate of drug-likeness (QED) is 0.594. The van der Waals surface area contributed by atoms with E-state index in [1.165, 1.54) is 10.2 Å². The Balaban J connectivity index is 1.36. The average molecular weight is 378 g/mol. The van der Waals surface area contributed by atoms with Gasteiger partial charge < -0.3 is 5.32 Å². The highest BCUT2D eigenvalue weighted by molar-refractivity contribution is 7.17. The van der Waals surface area contributed by atoms with Crippen LogP contribution in [0.2, 0.25) is 0 Å². The first-order chi connectivity index (χ1) is 13.1. The Kier molecular flexibility index (Phi) is 3.65. The maximum Gasteiger partial charge on any atom is 0.291 e. The fraction of sp³-hybridized carbons (Fsp3) is 0.250. The Bertz CT molecular complexity index is 1220. The third-order valence-corrected chi connectivity index (χ3v) is 5.98. The summed E-state index contributed by atoms with van der Waals surface area (Å²) in [6, 6.07) is 14.2. The zero-order valence-corrected chi connectivity index (χ0v) is 15.6. The van der Waals surface area contributed by atoms with Crippen LogP contribution in [0.1, 0.15) is 23.7 Å². The maximum atomic E-state index is 12.8. The Morgan fingerprint density at radius 2 is 2.07 bits per heavy atom. The minimum Gasteiger partial charge on any atom is -0.351 e. The van der Waals surface area contributed by atoms with Crippen LogP contribution in [0.15, 0.2) is 52.6 Å². The fourth-order valence-electron chi connectivity index (χ4n) is 3.75.